The van der Waals surface area contributed by atoms with Gasteiger partial charge in [0.05, 0.1) is 15.5 Å². The Kier molecular flexibility index (Phi) is 14.4. The summed E-state index contributed by atoms with van der Waals surface area (Å²) in [6.07, 6.45) is 23.9. The van der Waals surface area contributed by atoms with Gasteiger partial charge in [0.25, 0.3) is 0 Å². The summed E-state index contributed by atoms with van der Waals surface area (Å²) < 4.78 is 14.2. The molecule has 7 aromatic rings. The zero-order chi connectivity index (χ0) is 41.9. The number of anilines is 2. The number of benzene rings is 1. The first kappa shape index (κ1) is 43.7. The van der Waals surface area contributed by atoms with Crippen molar-refractivity contribution < 1.29 is 0 Å². The molecule has 0 spiro atoms. The molecule has 0 aliphatic carbocycles. The van der Waals surface area contributed by atoms with E-state index in [-0.39, 0.29) is 0 Å². The lowest BCUT2D eigenvalue weighted by atomic mass is 9.86. The molecule has 0 bridgehead atoms. The number of nitrogens with zero attached hydrogens (tertiary/aromatic N) is 5. The standard InChI is InChI=1S/C50H68N6S5/c1-6-11-14-32(9-4)16-18-34-20-24-55(25-21-34)43-30-38-36(59-43)28-40(57-38)45-47-48(52-42(51-47)13-8-3)46(50-49(45)53-61-54-50)41-29-37-39(58-41)31-44(60-37)56-26-22-35(23-27-56)19-17-33(10-5)15-12-7-2/h28-35,53H,6-27H2,1-5H3. The van der Waals surface area contributed by atoms with Gasteiger partial charge in [-0.2, -0.15) is 4.37 Å². The van der Waals surface area contributed by atoms with Gasteiger partial charge in [-0.25, -0.2) is 9.97 Å². The van der Waals surface area contributed by atoms with Crippen LogP contribution in [0.25, 0.3) is 61.7 Å². The van der Waals surface area contributed by atoms with Gasteiger partial charge in [-0.05, 0) is 80.0 Å². The third-order valence-electron chi connectivity index (χ3n) is 14.4. The summed E-state index contributed by atoms with van der Waals surface area (Å²) in [5, 5.41) is 2.88. The van der Waals surface area contributed by atoms with Crippen molar-refractivity contribution in [1.29, 1.82) is 0 Å². The van der Waals surface area contributed by atoms with Crippen LogP contribution in [0, 0.1) is 23.7 Å². The van der Waals surface area contributed by atoms with Crippen LogP contribution in [0.5, 0.6) is 0 Å². The first-order valence-electron chi connectivity index (χ1n) is 24.2. The van der Waals surface area contributed by atoms with Crippen molar-refractivity contribution in [3.63, 3.8) is 0 Å². The number of H-pyrrole nitrogens is 1. The minimum absolute atomic E-state index is 0.882. The van der Waals surface area contributed by atoms with Gasteiger partial charge in [0.2, 0.25) is 0 Å². The molecule has 61 heavy (non-hydrogen) atoms. The number of unbranched alkanes of at least 4 members (excludes halogenated alkanes) is 2. The molecule has 1 aromatic carbocycles. The number of thiophene rings is 4. The molecule has 11 heteroatoms. The Balaban J connectivity index is 0.924. The minimum Gasteiger partial charge on any atom is -0.363 e. The van der Waals surface area contributed by atoms with Gasteiger partial charge in [0.1, 0.15) is 22.4 Å². The molecule has 8 heterocycles. The van der Waals surface area contributed by atoms with Crippen LogP contribution in [-0.2, 0) is 6.42 Å². The summed E-state index contributed by atoms with van der Waals surface area (Å²) >= 11 is 9.22. The van der Waals surface area contributed by atoms with Crippen LogP contribution in [0.15, 0.2) is 24.3 Å². The minimum atomic E-state index is 0.882. The van der Waals surface area contributed by atoms with E-state index in [0.29, 0.717) is 0 Å². The van der Waals surface area contributed by atoms with E-state index >= 15 is 0 Å². The van der Waals surface area contributed by atoms with Crippen LogP contribution >= 0.6 is 57.1 Å². The molecule has 0 radical (unpaired) electrons. The average molecular weight is 913 g/mol. The highest BCUT2D eigenvalue weighted by atomic mass is 32.1. The zero-order valence-electron chi connectivity index (χ0n) is 37.5. The molecule has 1 N–H and O–H groups in total. The first-order chi connectivity index (χ1) is 30.0. The average Bonchev–Trinajstić information content (AvgIpc) is 4.14. The number of fused-ring (bicyclic) bond motifs is 4. The van der Waals surface area contributed by atoms with Gasteiger partial charge >= 0.3 is 0 Å². The highest BCUT2D eigenvalue weighted by Gasteiger charge is 2.28. The number of aryl methyl sites for hydroxylation is 1. The second-order valence-electron chi connectivity index (χ2n) is 18.5. The lowest BCUT2D eigenvalue weighted by molar-refractivity contribution is 0.321. The number of aromatic amines is 1. The number of aromatic nitrogens is 4. The fourth-order valence-electron chi connectivity index (χ4n) is 10.4. The third-order valence-corrected chi connectivity index (χ3v) is 19.8. The molecule has 6 aromatic heterocycles. The highest BCUT2D eigenvalue weighted by Crippen LogP contribution is 2.50. The van der Waals surface area contributed by atoms with Crippen molar-refractivity contribution in [1.82, 2.24) is 18.7 Å². The normalized spacial score (nSPS) is 17.0. The van der Waals surface area contributed by atoms with Gasteiger partial charge in [0.15, 0.2) is 0 Å². The number of hydrogen-bond acceptors (Lipinski definition) is 10. The number of rotatable bonds is 20. The predicted octanol–water partition coefficient (Wildman–Crippen LogP) is 16.8. The Bertz CT molecular complexity index is 2250. The molecule has 2 fully saturated rings. The Hall–Kier alpha value is -2.57. The van der Waals surface area contributed by atoms with Crippen LogP contribution in [0.4, 0.5) is 10.0 Å². The molecule has 9 rings (SSSR count). The Labute approximate surface area is 384 Å². The maximum atomic E-state index is 5.30. The quantitative estimate of drug-likeness (QED) is 0.0825. The Morgan fingerprint density at radius 1 is 0.590 bits per heavy atom. The second-order valence-corrected chi connectivity index (χ2v) is 23.4. The van der Waals surface area contributed by atoms with E-state index in [0.717, 1.165) is 70.0 Å². The van der Waals surface area contributed by atoms with Crippen molar-refractivity contribution in [3.05, 3.63) is 30.1 Å². The zero-order valence-corrected chi connectivity index (χ0v) is 41.5. The molecule has 0 amide bonds. The second kappa shape index (κ2) is 20.1. The Morgan fingerprint density at radius 2 is 1.08 bits per heavy atom. The molecular weight excluding hydrogens is 845 g/mol. The molecule has 2 aliphatic heterocycles. The molecule has 328 valence electrons. The molecule has 0 saturated carbocycles. The molecule has 6 nitrogen and oxygen atoms in total. The molecule has 2 aliphatic rings. The van der Waals surface area contributed by atoms with Gasteiger partial charge in [-0.3, -0.25) is 4.37 Å². The van der Waals surface area contributed by atoms with Crippen molar-refractivity contribution in [2.24, 2.45) is 23.7 Å². The van der Waals surface area contributed by atoms with E-state index < -0.39 is 0 Å². The number of piperidine rings is 2. The maximum Gasteiger partial charge on any atom is 0.129 e. The van der Waals surface area contributed by atoms with Crippen LogP contribution in [-0.4, -0.2) is 44.9 Å². The topological polar surface area (TPSA) is 60.9 Å². The lowest BCUT2D eigenvalue weighted by Gasteiger charge is -2.33. The first-order valence-corrected chi connectivity index (χ1v) is 28.2. The summed E-state index contributed by atoms with van der Waals surface area (Å²) in [5.41, 5.74) is 6.49. The summed E-state index contributed by atoms with van der Waals surface area (Å²) in [5.74, 6) is 4.59. The SMILES string of the molecule is CCCCC(CC)CCC1CCN(c2cc3sc(-c4c5nc(CCC)nc5c(-c5cc6sc(N7CCC(CCC(CC)CCCC)CC7)cc6s5)c5[nH]snc45)cc3s2)CC1. The van der Waals surface area contributed by atoms with Crippen molar-refractivity contribution >= 4 is 108 Å². The van der Waals surface area contributed by atoms with E-state index in [4.69, 9.17) is 14.3 Å². The molecule has 2 saturated heterocycles. The Morgan fingerprint density at radius 3 is 1.56 bits per heavy atom. The van der Waals surface area contributed by atoms with Gasteiger partial charge in [-0.15, -0.1) is 45.3 Å². The highest BCUT2D eigenvalue weighted by molar-refractivity contribution is 7.32. The van der Waals surface area contributed by atoms with Crippen LogP contribution in [0.2, 0.25) is 0 Å². The summed E-state index contributed by atoms with van der Waals surface area (Å²) in [4.78, 5) is 18.5. The summed E-state index contributed by atoms with van der Waals surface area (Å²) in [6, 6.07) is 9.78. The van der Waals surface area contributed by atoms with Crippen LogP contribution < -0.4 is 9.80 Å². The molecule has 2 unspecified atom stereocenters. The summed E-state index contributed by atoms with van der Waals surface area (Å²) in [7, 11) is 0. The largest absolute Gasteiger partial charge is 0.363 e. The molecular formula is C50H68N6S5. The maximum absolute atomic E-state index is 5.30. The van der Waals surface area contributed by atoms with E-state index in [2.05, 4.69) is 73.1 Å². The van der Waals surface area contributed by atoms with Crippen molar-refractivity contribution in [2.75, 3.05) is 36.0 Å². The smallest absolute Gasteiger partial charge is 0.129 e. The van der Waals surface area contributed by atoms with E-state index in [1.54, 1.807) is 0 Å². The van der Waals surface area contributed by atoms with Gasteiger partial charge in [-0.1, -0.05) is 112 Å². The van der Waals surface area contributed by atoms with Crippen LogP contribution in [0.1, 0.15) is 150 Å². The third kappa shape index (κ3) is 9.48. The monoisotopic (exact) mass is 912 g/mol. The van der Waals surface area contributed by atoms with Gasteiger partial charge in [0, 0.05) is 84.0 Å². The van der Waals surface area contributed by atoms with Gasteiger partial charge < -0.3 is 9.80 Å². The van der Waals surface area contributed by atoms with Crippen molar-refractivity contribution in [2.45, 2.75) is 150 Å². The predicted molar refractivity (Wildman–Crippen MR) is 273 cm³/mol. The fraction of sp³-hybridized carbons (Fsp3) is 0.620. The van der Waals surface area contributed by atoms with Crippen LogP contribution in [0.3, 0.4) is 0 Å². The van der Waals surface area contributed by atoms with E-state index in [9.17, 15) is 0 Å². The van der Waals surface area contributed by atoms with Crippen molar-refractivity contribution in [3.8, 4) is 20.9 Å². The van der Waals surface area contributed by atoms with E-state index in [1.165, 1.54) is 185 Å². The number of nitrogens with one attached hydrogen (secondary N) is 1. The summed E-state index contributed by atoms with van der Waals surface area (Å²) in [6.45, 7) is 16.4. The number of imidazole rings is 1. The fourth-order valence-corrected chi connectivity index (χ4v) is 16.0. The lowest BCUT2D eigenvalue weighted by Crippen LogP contribution is -2.33. The molecule has 2 atom stereocenters. The number of hydrogen-bond donors (Lipinski definition) is 1. The van der Waals surface area contributed by atoms with E-state index in [1.807, 2.05) is 45.3 Å².